The monoisotopic (exact) mass is 246 g/mol. The van der Waals surface area contributed by atoms with Gasteiger partial charge in [0.1, 0.15) is 6.61 Å². The summed E-state index contributed by atoms with van der Waals surface area (Å²) in [4.78, 5) is 32.2. The van der Waals surface area contributed by atoms with Crippen molar-refractivity contribution in [2.75, 3.05) is 13.7 Å². The minimum absolute atomic E-state index is 0.122. The highest BCUT2D eigenvalue weighted by Crippen LogP contribution is 2.11. The van der Waals surface area contributed by atoms with Gasteiger partial charge < -0.3 is 14.6 Å². The third-order valence-corrected chi connectivity index (χ3v) is 2.25. The fraction of sp³-hybridized carbons (Fsp3) is 0.727. The molecule has 1 N–H and O–H groups in total. The molecular formula is C11H18O6. The number of hydrogen-bond donors (Lipinski definition) is 1. The van der Waals surface area contributed by atoms with Gasteiger partial charge in [-0.2, -0.15) is 0 Å². The van der Waals surface area contributed by atoms with E-state index in [-0.39, 0.29) is 19.0 Å². The number of hydrogen-bond acceptors (Lipinski definition) is 5. The highest BCUT2D eigenvalue weighted by molar-refractivity contribution is 5.71. The van der Waals surface area contributed by atoms with E-state index in [1.807, 2.05) is 0 Å². The number of carbonyl (C=O) groups excluding carboxylic acids is 2. The van der Waals surface area contributed by atoms with Gasteiger partial charge in [-0.15, -0.1) is 0 Å². The summed E-state index contributed by atoms with van der Waals surface area (Å²) in [6.45, 7) is 1.11. The van der Waals surface area contributed by atoms with Crippen LogP contribution in [0.1, 0.15) is 32.6 Å². The summed E-state index contributed by atoms with van der Waals surface area (Å²) >= 11 is 0. The van der Waals surface area contributed by atoms with Crippen LogP contribution in [-0.4, -0.2) is 36.7 Å². The molecule has 0 aliphatic rings. The van der Waals surface area contributed by atoms with Crippen LogP contribution in [0.25, 0.3) is 0 Å². The van der Waals surface area contributed by atoms with Crippen LogP contribution in [0, 0.1) is 5.92 Å². The van der Waals surface area contributed by atoms with E-state index in [2.05, 4.69) is 9.47 Å². The number of carboxylic acid groups (broad SMARTS) is 1. The van der Waals surface area contributed by atoms with Crippen LogP contribution in [0.3, 0.4) is 0 Å². The lowest BCUT2D eigenvalue weighted by atomic mass is 10.0. The molecule has 98 valence electrons. The van der Waals surface area contributed by atoms with Gasteiger partial charge in [-0.3, -0.25) is 14.4 Å². The Morgan fingerprint density at radius 1 is 1.24 bits per heavy atom. The molecule has 0 aliphatic carbocycles. The van der Waals surface area contributed by atoms with Crippen LogP contribution in [0.5, 0.6) is 0 Å². The van der Waals surface area contributed by atoms with Crippen molar-refractivity contribution in [2.24, 2.45) is 5.92 Å². The quantitative estimate of drug-likeness (QED) is 0.507. The molecule has 0 bridgehead atoms. The van der Waals surface area contributed by atoms with Gasteiger partial charge in [0.05, 0.1) is 13.0 Å². The maximum atomic E-state index is 10.8. The summed E-state index contributed by atoms with van der Waals surface area (Å²) in [7, 11) is 1.31. The van der Waals surface area contributed by atoms with Gasteiger partial charge in [-0.05, 0) is 12.8 Å². The normalized spacial score (nSPS) is 11.6. The van der Waals surface area contributed by atoms with E-state index in [0.29, 0.717) is 19.3 Å². The van der Waals surface area contributed by atoms with Crippen molar-refractivity contribution in [3.05, 3.63) is 0 Å². The number of ether oxygens (including phenoxy) is 2. The molecule has 0 saturated heterocycles. The molecule has 0 amide bonds. The molecule has 1 atom stereocenters. The first kappa shape index (κ1) is 15.4. The molecule has 1 unspecified atom stereocenters. The molecule has 0 aliphatic heterocycles. The van der Waals surface area contributed by atoms with Gasteiger partial charge in [-0.1, -0.05) is 6.42 Å². The Hall–Kier alpha value is -1.59. The predicted molar refractivity (Wildman–Crippen MR) is 58.2 cm³/mol. The lowest BCUT2D eigenvalue weighted by molar-refractivity contribution is -0.149. The number of unbranched alkanes of at least 4 members (excludes halogenated alkanes) is 1. The van der Waals surface area contributed by atoms with E-state index >= 15 is 0 Å². The number of rotatable bonds is 8. The zero-order valence-electron chi connectivity index (χ0n) is 10.1. The van der Waals surface area contributed by atoms with Gasteiger partial charge in [0.15, 0.2) is 0 Å². The van der Waals surface area contributed by atoms with E-state index in [1.54, 1.807) is 0 Å². The molecule has 6 nitrogen and oxygen atoms in total. The summed E-state index contributed by atoms with van der Waals surface area (Å²) in [6.07, 6.45) is 1.79. The summed E-state index contributed by atoms with van der Waals surface area (Å²) in [6, 6.07) is 0. The Bertz CT molecular complexity index is 273. The lowest BCUT2D eigenvalue weighted by Gasteiger charge is -2.11. The molecule has 0 aromatic heterocycles. The van der Waals surface area contributed by atoms with E-state index < -0.39 is 17.9 Å². The molecule has 0 aromatic carbocycles. The van der Waals surface area contributed by atoms with Gasteiger partial charge in [-0.25, -0.2) is 0 Å². The molecule has 0 radical (unpaired) electrons. The zero-order chi connectivity index (χ0) is 13.3. The van der Waals surface area contributed by atoms with Crippen LogP contribution in [0.4, 0.5) is 0 Å². The third-order valence-electron chi connectivity index (χ3n) is 2.25. The van der Waals surface area contributed by atoms with Crippen molar-refractivity contribution < 1.29 is 29.0 Å². The SMILES string of the molecule is COC(=O)CCCCC(COC(C)=O)C(=O)O. The van der Waals surface area contributed by atoms with Crippen molar-refractivity contribution in [1.82, 2.24) is 0 Å². The first-order valence-electron chi connectivity index (χ1n) is 5.40. The van der Waals surface area contributed by atoms with Crippen molar-refractivity contribution >= 4 is 17.9 Å². The second-order valence-corrected chi connectivity index (χ2v) is 3.66. The number of methoxy groups -OCH3 is 1. The Kier molecular flexibility index (Phi) is 7.75. The first-order chi connectivity index (χ1) is 7.97. The second-order valence-electron chi connectivity index (χ2n) is 3.66. The molecule has 0 saturated carbocycles. The van der Waals surface area contributed by atoms with Crippen molar-refractivity contribution in [3.63, 3.8) is 0 Å². The average Bonchev–Trinajstić information content (AvgIpc) is 2.26. The minimum atomic E-state index is -0.996. The van der Waals surface area contributed by atoms with E-state index in [0.717, 1.165) is 0 Å². The van der Waals surface area contributed by atoms with E-state index in [9.17, 15) is 14.4 Å². The molecule has 0 fully saturated rings. The predicted octanol–water partition coefficient (Wildman–Crippen LogP) is 0.984. The number of carbonyl (C=O) groups is 3. The highest BCUT2D eigenvalue weighted by Gasteiger charge is 2.18. The molecular weight excluding hydrogens is 228 g/mol. The van der Waals surface area contributed by atoms with Gasteiger partial charge in [0, 0.05) is 13.3 Å². The number of carboxylic acids is 1. The van der Waals surface area contributed by atoms with Crippen LogP contribution in [0.2, 0.25) is 0 Å². The molecule has 0 aromatic rings. The second kappa shape index (κ2) is 8.55. The van der Waals surface area contributed by atoms with Gasteiger partial charge in [0.25, 0.3) is 0 Å². The molecule has 0 rings (SSSR count). The standard InChI is InChI=1S/C11H18O6/c1-8(12)17-7-9(11(14)15)5-3-4-6-10(13)16-2/h9H,3-7H2,1-2H3,(H,14,15). The smallest absolute Gasteiger partial charge is 0.309 e. The fourth-order valence-electron chi connectivity index (χ4n) is 1.26. The molecule has 6 heteroatoms. The third kappa shape index (κ3) is 8.24. The van der Waals surface area contributed by atoms with E-state index in [4.69, 9.17) is 5.11 Å². The largest absolute Gasteiger partial charge is 0.481 e. The maximum Gasteiger partial charge on any atom is 0.309 e. The number of esters is 2. The number of aliphatic carboxylic acids is 1. The van der Waals surface area contributed by atoms with Crippen molar-refractivity contribution in [2.45, 2.75) is 32.6 Å². The van der Waals surface area contributed by atoms with Crippen LogP contribution in [0.15, 0.2) is 0 Å². The molecule has 0 heterocycles. The maximum absolute atomic E-state index is 10.8. The van der Waals surface area contributed by atoms with Crippen molar-refractivity contribution in [3.8, 4) is 0 Å². The molecule has 17 heavy (non-hydrogen) atoms. The summed E-state index contributed by atoms with van der Waals surface area (Å²) in [5, 5.41) is 8.86. The summed E-state index contributed by atoms with van der Waals surface area (Å²) in [5.41, 5.74) is 0. The average molecular weight is 246 g/mol. The van der Waals surface area contributed by atoms with Crippen LogP contribution >= 0.6 is 0 Å². The highest BCUT2D eigenvalue weighted by atomic mass is 16.5. The minimum Gasteiger partial charge on any atom is -0.481 e. The summed E-state index contributed by atoms with van der Waals surface area (Å²) in [5.74, 6) is -2.51. The van der Waals surface area contributed by atoms with Crippen LogP contribution in [-0.2, 0) is 23.9 Å². The fourth-order valence-corrected chi connectivity index (χ4v) is 1.26. The Morgan fingerprint density at radius 2 is 1.88 bits per heavy atom. The van der Waals surface area contributed by atoms with E-state index in [1.165, 1.54) is 14.0 Å². The first-order valence-corrected chi connectivity index (χ1v) is 5.40. The topological polar surface area (TPSA) is 89.9 Å². The van der Waals surface area contributed by atoms with Gasteiger partial charge >= 0.3 is 17.9 Å². The van der Waals surface area contributed by atoms with Crippen molar-refractivity contribution in [1.29, 1.82) is 0 Å². The Labute approximate surface area is 99.9 Å². The zero-order valence-corrected chi connectivity index (χ0v) is 10.1. The Morgan fingerprint density at radius 3 is 2.35 bits per heavy atom. The molecule has 0 spiro atoms. The van der Waals surface area contributed by atoms with Crippen LogP contribution < -0.4 is 0 Å². The lowest BCUT2D eigenvalue weighted by Crippen LogP contribution is -2.21. The Balaban J connectivity index is 3.81. The van der Waals surface area contributed by atoms with Gasteiger partial charge in [0.2, 0.25) is 0 Å². The summed E-state index contributed by atoms with van der Waals surface area (Å²) < 4.78 is 9.11.